The number of carboxylic acids is 1. The number of amides is 2. The van der Waals surface area contributed by atoms with E-state index < -0.39 is 11.9 Å². The number of carboxylic acid groups (broad SMARTS) is 1. The molecule has 8 heteroatoms. The Morgan fingerprint density at radius 3 is 2.28 bits per heavy atom. The third-order valence-electron chi connectivity index (χ3n) is 2.46. The fraction of sp³-hybridized carbons (Fsp3) is 0.700. The highest BCUT2D eigenvalue weighted by Gasteiger charge is 2.21. The zero-order valence-corrected chi connectivity index (χ0v) is 10.0. The van der Waals surface area contributed by atoms with Gasteiger partial charge >= 0.3 is 5.97 Å². The minimum Gasteiger partial charge on any atom is -0.480 e. The Labute approximate surface area is 104 Å². The first-order valence-corrected chi connectivity index (χ1v) is 5.57. The van der Waals surface area contributed by atoms with E-state index in [1.807, 2.05) is 0 Å². The van der Waals surface area contributed by atoms with Crippen LogP contribution in [0, 0.1) is 0 Å². The van der Waals surface area contributed by atoms with E-state index in [-0.39, 0.29) is 25.5 Å². The van der Waals surface area contributed by atoms with Crippen molar-refractivity contribution in [2.45, 2.75) is 0 Å². The molecule has 18 heavy (non-hydrogen) atoms. The maximum atomic E-state index is 11.9. The van der Waals surface area contributed by atoms with Crippen molar-refractivity contribution < 1.29 is 24.2 Å². The summed E-state index contributed by atoms with van der Waals surface area (Å²) in [5.74, 6) is -1.99. The van der Waals surface area contributed by atoms with E-state index in [9.17, 15) is 14.4 Å². The second-order valence-corrected chi connectivity index (χ2v) is 4.00. The van der Waals surface area contributed by atoms with Crippen LogP contribution in [-0.4, -0.2) is 78.6 Å². The molecule has 1 heterocycles. The Hall–Kier alpha value is -1.67. The fourth-order valence-corrected chi connectivity index (χ4v) is 1.68. The molecule has 0 radical (unpaired) electrons. The lowest BCUT2D eigenvalue weighted by atomic mass is 10.3. The van der Waals surface area contributed by atoms with E-state index in [1.54, 1.807) is 4.90 Å². The molecule has 0 aromatic rings. The standard InChI is InChI=1S/C10H17N3O5/c11-8(14)5-12(7-10(16)17)6-9(15)13-1-3-18-4-2-13/h1-7H2,(H2,11,14)(H,16,17). The van der Waals surface area contributed by atoms with Gasteiger partial charge in [-0.25, -0.2) is 0 Å². The molecule has 3 N–H and O–H groups in total. The van der Waals surface area contributed by atoms with Crippen molar-refractivity contribution in [1.29, 1.82) is 0 Å². The van der Waals surface area contributed by atoms with Gasteiger partial charge < -0.3 is 20.5 Å². The number of carbonyl (C=O) groups is 3. The van der Waals surface area contributed by atoms with Crippen LogP contribution in [0.3, 0.4) is 0 Å². The summed E-state index contributed by atoms with van der Waals surface area (Å²) in [6.45, 7) is 1.14. The smallest absolute Gasteiger partial charge is 0.317 e. The highest BCUT2D eigenvalue weighted by molar-refractivity contribution is 5.81. The molecule has 0 aromatic heterocycles. The average Bonchev–Trinajstić information content (AvgIpc) is 2.28. The summed E-state index contributed by atoms with van der Waals surface area (Å²) in [5.41, 5.74) is 5.00. The lowest BCUT2D eigenvalue weighted by Crippen LogP contribution is -2.48. The summed E-state index contributed by atoms with van der Waals surface area (Å²) >= 11 is 0. The highest BCUT2D eigenvalue weighted by Crippen LogP contribution is 1.99. The zero-order chi connectivity index (χ0) is 13.5. The minimum atomic E-state index is -1.11. The molecule has 0 saturated carbocycles. The SMILES string of the molecule is NC(=O)CN(CC(=O)O)CC(=O)N1CCOCC1. The molecule has 0 aromatic carbocycles. The molecule has 1 aliphatic heterocycles. The van der Waals surface area contributed by atoms with Crippen molar-refractivity contribution in [1.82, 2.24) is 9.80 Å². The van der Waals surface area contributed by atoms with E-state index in [2.05, 4.69) is 0 Å². The van der Waals surface area contributed by atoms with Gasteiger partial charge in [0.25, 0.3) is 0 Å². The molecule has 0 unspecified atom stereocenters. The van der Waals surface area contributed by atoms with Gasteiger partial charge in [0.2, 0.25) is 11.8 Å². The normalized spacial score (nSPS) is 15.7. The van der Waals surface area contributed by atoms with Gasteiger partial charge in [0.15, 0.2) is 0 Å². The predicted molar refractivity (Wildman–Crippen MR) is 60.7 cm³/mol. The molecule has 1 rings (SSSR count). The van der Waals surface area contributed by atoms with Crippen LogP contribution in [0.15, 0.2) is 0 Å². The van der Waals surface area contributed by atoms with Gasteiger partial charge in [-0.05, 0) is 0 Å². The Bertz CT molecular complexity index is 311. The number of carbonyl (C=O) groups excluding carboxylic acids is 2. The number of hydrogen-bond donors (Lipinski definition) is 2. The van der Waals surface area contributed by atoms with Crippen LogP contribution in [0.2, 0.25) is 0 Å². The maximum Gasteiger partial charge on any atom is 0.317 e. The number of primary amides is 1. The monoisotopic (exact) mass is 259 g/mol. The molecule has 0 spiro atoms. The molecule has 0 atom stereocenters. The second kappa shape index (κ2) is 6.92. The number of ether oxygens (including phenoxy) is 1. The van der Waals surface area contributed by atoms with Gasteiger partial charge in [0.05, 0.1) is 32.8 Å². The van der Waals surface area contributed by atoms with Crippen LogP contribution >= 0.6 is 0 Å². The van der Waals surface area contributed by atoms with Crippen LogP contribution in [0.1, 0.15) is 0 Å². The Morgan fingerprint density at radius 1 is 1.17 bits per heavy atom. The first-order chi connectivity index (χ1) is 8.49. The topological polar surface area (TPSA) is 113 Å². The van der Waals surface area contributed by atoms with Gasteiger partial charge in [-0.15, -0.1) is 0 Å². The van der Waals surface area contributed by atoms with Gasteiger partial charge in [-0.3, -0.25) is 19.3 Å². The van der Waals surface area contributed by atoms with Gasteiger partial charge in [-0.2, -0.15) is 0 Å². The quantitative estimate of drug-likeness (QED) is 0.555. The number of rotatable bonds is 6. The molecule has 102 valence electrons. The lowest BCUT2D eigenvalue weighted by Gasteiger charge is -2.29. The Balaban J connectivity index is 2.49. The van der Waals surface area contributed by atoms with Crippen molar-refractivity contribution in [2.24, 2.45) is 5.73 Å². The largest absolute Gasteiger partial charge is 0.480 e. The zero-order valence-electron chi connectivity index (χ0n) is 10.0. The highest BCUT2D eigenvalue weighted by atomic mass is 16.5. The number of aliphatic carboxylic acids is 1. The van der Waals surface area contributed by atoms with Gasteiger partial charge in [-0.1, -0.05) is 0 Å². The third-order valence-corrected chi connectivity index (χ3v) is 2.46. The van der Waals surface area contributed by atoms with Crippen molar-refractivity contribution in [3.05, 3.63) is 0 Å². The number of hydrogen-bond acceptors (Lipinski definition) is 5. The first kappa shape index (κ1) is 14.4. The molecule has 0 bridgehead atoms. The maximum absolute atomic E-state index is 11.9. The Kier molecular flexibility index (Phi) is 5.53. The number of morpholine rings is 1. The first-order valence-electron chi connectivity index (χ1n) is 5.57. The van der Waals surface area contributed by atoms with Crippen LogP contribution in [0.5, 0.6) is 0 Å². The molecular weight excluding hydrogens is 242 g/mol. The van der Waals surface area contributed by atoms with Crippen molar-refractivity contribution in [3.63, 3.8) is 0 Å². The van der Waals surface area contributed by atoms with Gasteiger partial charge in [0.1, 0.15) is 0 Å². The lowest BCUT2D eigenvalue weighted by molar-refractivity contribution is -0.141. The van der Waals surface area contributed by atoms with Crippen molar-refractivity contribution in [3.8, 4) is 0 Å². The average molecular weight is 259 g/mol. The summed E-state index contributed by atoms with van der Waals surface area (Å²) in [6.07, 6.45) is 0. The van der Waals surface area contributed by atoms with E-state index in [4.69, 9.17) is 15.6 Å². The number of nitrogens with zero attached hydrogens (tertiary/aromatic N) is 2. The summed E-state index contributed by atoms with van der Waals surface area (Å²) in [7, 11) is 0. The van der Waals surface area contributed by atoms with E-state index in [0.29, 0.717) is 26.3 Å². The van der Waals surface area contributed by atoms with Gasteiger partial charge in [0, 0.05) is 13.1 Å². The number of nitrogens with two attached hydrogens (primary N) is 1. The van der Waals surface area contributed by atoms with E-state index >= 15 is 0 Å². The summed E-state index contributed by atoms with van der Waals surface area (Å²) in [5, 5.41) is 8.68. The van der Waals surface area contributed by atoms with E-state index in [0.717, 1.165) is 0 Å². The fourth-order valence-electron chi connectivity index (χ4n) is 1.68. The second-order valence-electron chi connectivity index (χ2n) is 4.00. The van der Waals surface area contributed by atoms with Crippen LogP contribution in [-0.2, 0) is 19.1 Å². The summed E-state index contributed by atoms with van der Waals surface area (Å²) in [6, 6.07) is 0. The predicted octanol–water partition coefficient (Wildman–Crippen LogP) is -2.28. The molecule has 1 aliphatic rings. The van der Waals surface area contributed by atoms with Crippen molar-refractivity contribution >= 4 is 17.8 Å². The summed E-state index contributed by atoms with van der Waals surface area (Å²) < 4.78 is 5.11. The minimum absolute atomic E-state index is 0.130. The molecule has 1 fully saturated rings. The molecular formula is C10H17N3O5. The Morgan fingerprint density at radius 2 is 1.78 bits per heavy atom. The molecule has 8 nitrogen and oxygen atoms in total. The van der Waals surface area contributed by atoms with Crippen LogP contribution in [0.25, 0.3) is 0 Å². The van der Waals surface area contributed by atoms with Crippen LogP contribution in [0.4, 0.5) is 0 Å². The molecule has 1 saturated heterocycles. The van der Waals surface area contributed by atoms with E-state index in [1.165, 1.54) is 4.90 Å². The summed E-state index contributed by atoms with van der Waals surface area (Å²) in [4.78, 5) is 36.1. The molecule has 0 aliphatic carbocycles. The molecule has 2 amide bonds. The van der Waals surface area contributed by atoms with Crippen molar-refractivity contribution in [2.75, 3.05) is 45.9 Å². The van der Waals surface area contributed by atoms with Crippen LogP contribution < -0.4 is 5.73 Å². The third kappa shape index (κ3) is 5.11.